The van der Waals surface area contributed by atoms with Gasteiger partial charge in [0.05, 0.1) is 6.42 Å². The Kier molecular flexibility index (Phi) is 3.16. The second-order valence-electron chi connectivity index (χ2n) is 4.38. The third-order valence-corrected chi connectivity index (χ3v) is 3.36. The minimum absolute atomic E-state index is 0.218. The molecular weight excluding hydrogens is 276 g/mol. The van der Waals surface area contributed by atoms with E-state index < -0.39 is 53.8 Å². The van der Waals surface area contributed by atoms with E-state index in [1.807, 2.05) is 0 Å². The lowest BCUT2D eigenvalue weighted by atomic mass is 9.86. The van der Waals surface area contributed by atoms with Crippen LogP contribution in [0, 0.1) is 5.92 Å². The van der Waals surface area contributed by atoms with Crippen molar-refractivity contribution in [3.8, 4) is 0 Å². The molecule has 0 spiro atoms. The van der Waals surface area contributed by atoms with Gasteiger partial charge in [-0.3, -0.25) is 34.4 Å². The summed E-state index contributed by atoms with van der Waals surface area (Å²) in [5.74, 6) is -7.37. The van der Waals surface area contributed by atoms with Gasteiger partial charge in [0.25, 0.3) is 23.6 Å². The molecular formula is C10H10N2O8. The third-order valence-electron chi connectivity index (χ3n) is 3.36. The number of hydrogen-bond acceptors (Lipinski definition) is 8. The van der Waals surface area contributed by atoms with Crippen molar-refractivity contribution in [2.24, 2.45) is 5.92 Å². The molecule has 0 aliphatic carbocycles. The smallest absolute Gasteiger partial charge is 0.293 e. The summed E-state index contributed by atoms with van der Waals surface area (Å²) >= 11 is 0. The van der Waals surface area contributed by atoms with Gasteiger partial charge in [0.2, 0.25) is 5.60 Å². The maximum atomic E-state index is 12.3. The number of carbonyl (C=O) groups is 5. The molecule has 10 heteroatoms. The minimum atomic E-state index is -2.35. The molecule has 2 fully saturated rings. The van der Waals surface area contributed by atoms with Crippen LogP contribution >= 0.6 is 0 Å². The highest BCUT2D eigenvalue weighted by Gasteiger charge is 2.61. The Morgan fingerprint density at radius 2 is 1.80 bits per heavy atom. The van der Waals surface area contributed by atoms with Crippen molar-refractivity contribution >= 4 is 29.4 Å². The Hall–Kier alpha value is -2.17. The zero-order chi connectivity index (χ0) is 15.2. The third kappa shape index (κ3) is 1.66. The number of imide groups is 2. The fourth-order valence-corrected chi connectivity index (χ4v) is 2.21. The predicted molar refractivity (Wildman–Crippen MR) is 54.8 cm³/mol. The molecule has 2 aliphatic heterocycles. The van der Waals surface area contributed by atoms with E-state index in [-0.39, 0.29) is 10.1 Å². The first-order valence-corrected chi connectivity index (χ1v) is 5.47. The number of nitrogens with zero attached hydrogens (tertiary/aromatic N) is 2. The van der Waals surface area contributed by atoms with Gasteiger partial charge in [-0.2, -0.15) is 10.1 Å². The summed E-state index contributed by atoms with van der Waals surface area (Å²) in [6, 6.07) is 0. The summed E-state index contributed by atoms with van der Waals surface area (Å²) in [6.07, 6.45) is -1.41. The standard InChI is InChI=1S/C10H10N2O8/c1-20-10(3-6(14)12(19)9(10)17)7(15)4-2-5(13)11(18)8(4)16/h4,18-19H,2-3H2,1H3. The number of rotatable bonds is 3. The zero-order valence-electron chi connectivity index (χ0n) is 10.2. The van der Waals surface area contributed by atoms with E-state index >= 15 is 0 Å². The molecule has 0 bridgehead atoms. The molecule has 108 valence electrons. The topological polar surface area (TPSA) is 142 Å². The number of ether oxygens (including phenoxy) is 1. The number of amides is 4. The summed E-state index contributed by atoms with van der Waals surface area (Å²) < 4.78 is 4.76. The highest BCUT2D eigenvalue weighted by atomic mass is 16.6. The Balaban J connectivity index is 2.37. The first kappa shape index (κ1) is 14.2. The summed E-state index contributed by atoms with van der Waals surface area (Å²) in [5.41, 5.74) is -2.35. The number of hydroxylamine groups is 4. The van der Waals surface area contributed by atoms with Crippen LogP contribution in [0.15, 0.2) is 0 Å². The maximum absolute atomic E-state index is 12.3. The van der Waals surface area contributed by atoms with Crippen LogP contribution in [-0.2, 0) is 28.7 Å². The Labute approximate surface area is 111 Å². The van der Waals surface area contributed by atoms with E-state index in [2.05, 4.69) is 0 Å². The number of hydrogen-bond donors (Lipinski definition) is 2. The first-order chi connectivity index (χ1) is 9.26. The zero-order valence-corrected chi connectivity index (χ0v) is 10.2. The monoisotopic (exact) mass is 286 g/mol. The van der Waals surface area contributed by atoms with E-state index in [4.69, 9.17) is 9.94 Å². The molecule has 10 nitrogen and oxygen atoms in total. The van der Waals surface area contributed by atoms with Crippen molar-refractivity contribution in [2.45, 2.75) is 18.4 Å². The van der Waals surface area contributed by atoms with Gasteiger partial charge in [0.15, 0.2) is 5.78 Å². The minimum Gasteiger partial charge on any atom is -0.360 e. The molecule has 0 aromatic rings. The van der Waals surface area contributed by atoms with Crippen LogP contribution in [0.1, 0.15) is 12.8 Å². The molecule has 2 heterocycles. The molecule has 0 aromatic carbocycles. The predicted octanol–water partition coefficient (Wildman–Crippen LogP) is -2.15. The van der Waals surface area contributed by atoms with Gasteiger partial charge in [-0.15, -0.1) is 0 Å². The van der Waals surface area contributed by atoms with Gasteiger partial charge in [-0.1, -0.05) is 0 Å². The van der Waals surface area contributed by atoms with Crippen molar-refractivity contribution in [1.29, 1.82) is 0 Å². The molecule has 4 amide bonds. The highest BCUT2D eigenvalue weighted by molar-refractivity contribution is 6.26. The molecule has 0 radical (unpaired) electrons. The molecule has 2 rings (SSSR count). The maximum Gasteiger partial charge on any atom is 0.293 e. The van der Waals surface area contributed by atoms with Gasteiger partial charge in [-0.25, -0.2) is 0 Å². The van der Waals surface area contributed by atoms with Crippen LogP contribution in [0.5, 0.6) is 0 Å². The van der Waals surface area contributed by atoms with E-state index in [0.717, 1.165) is 7.11 Å². The fourth-order valence-electron chi connectivity index (χ4n) is 2.21. The second-order valence-corrected chi connectivity index (χ2v) is 4.38. The molecule has 2 N–H and O–H groups in total. The van der Waals surface area contributed by atoms with Crippen LogP contribution in [-0.4, -0.2) is 62.7 Å². The molecule has 2 atom stereocenters. The van der Waals surface area contributed by atoms with Crippen molar-refractivity contribution in [2.75, 3.05) is 7.11 Å². The van der Waals surface area contributed by atoms with E-state index in [0.29, 0.717) is 0 Å². The molecule has 2 saturated heterocycles. The van der Waals surface area contributed by atoms with E-state index in [9.17, 15) is 29.2 Å². The van der Waals surface area contributed by atoms with Crippen molar-refractivity contribution in [3.05, 3.63) is 0 Å². The summed E-state index contributed by atoms with van der Waals surface area (Å²) in [5, 5.41) is 17.8. The highest BCUT2D eigenvalue weighted by Crippen LogP contribution is 2.33. The average molecular weight is 286 g/mol. The van der Waals surface area contributed by atoms with Crippen LogP contribution < -0.4 is 0 Å². The Bertz CT molecular complexity index is 543. The Morgan fingerprint density at radius 3 is 2.15 bits per heavy atom. The largest absolute Gasteiger partial charge is 0.360 e. The molecule has 2 unspecified atom stereocenters. The Morgan fingerprint density at radius 1 is 1.20 bits per heavy atom. The van der Waals surface area contributed by atoms with Gasteiger partial charge < -0.3 is 4.74 Å². The number of ketones is 1. The van der Waals surface area contributed by atoms with Crippen LogP contribution in [0.2, 0.25) is 0 Å². The second kappa shape index (κ2) is 4.44. The summed E-state index contributed by atoms with van der Waals surface area (Å²) in [6.45, 7) is 0. The van der Waals surface area contributed by atoms with Crippen LogP contribution in [0.25, 0.3) is 0 Å². The van der Waals surface area contributed by atoms with Crippen molar-refractivity contribution in [3.63, 3.8) is 0 Å². The quantitative estimate of drug-likeness (QED) is 0.340. The fraction of sp³-hybridized carbons (Fsp3) is 0.500. The first-order valence-electron chi connectivity index (χ1n) is 5.47. The van der Waals surface area contributed by atoms with Crippen molar-refractivity contribution in [1.82, 2.24) is 10.1 Å². The molecule has 0 aromatic heterocycles. The van der Waals surface area contributed by atoms with E-state index in [1.54, 1.807) is 0 Å². The number of Topliss-reactive ketones (excluding diaryl/α,β-unsaturated/α-hetero) is 1. The van der Waals surface area contributed by atoms with Crippen LogP contribution in [0.3, 0.4) is 0 Å². The molecule has 2 aliphatic rings. The van der Waals surface area contributed by atoms with Gasteiger partial charge in [0, 0.05) is 13.5 Å². The lowest BCUT2D eigenvalue weighted by Gasteiger charge is -2.24. The lowest BCUT2D eigenvalue weighted by Crippen LogP contribution is -2.51. The summed E-state index contributed by atoms with van der Waals surface area (Å²) in [4.78, 5) is 58.0. The number of carbonyl (C=O) groups excluding carboxylic acids is 5. The van der Waals surface area contributed by atoms with Gasteiger partial charge in [-0.05, 0) is 0 Å². The molecule has 0 saturated carbocycles. The average Bonchev–Trinajstić information content (AvgIpc) is 2.81. The number of methoxy groups -OCH3 is 1. The molecule has 20 heavy (non-hydrogen) atoms. The van der Waals surface area contributed by atoms with E-state index in [1.165, 1.54) is 0 Å². The van der Waals surface area contributed by atoms with Gasteiger partial charge >= 0.3 is 0 Å². The van der Waals surface area contributed by atoms with Crippen LogP contribution in [0.4, 0.5) is 0 Å². The van der Waals surface area contributed by atoms with Crippen molar-refractivity contribution < 1.29 is 39.1 Å². The lowest BCUT2D eigenvalue weighted by molar-refractivity contribution is -0.180. The SMILES string of the molecule is COC1(C(=O)C2CC(=O)N(O)C2=O)CC(=O)N(O)C1=O. The summed E-state index contributed by atoms with van der Waals surface area (Å²) in [7, 11) is 0.959. The van der Waals surface area contributed by atoms with Gasteiger partial charge in [0.1, 0.15) is 5.92 Å². The normalized spacial score (nSPS) is 30.6.